The summed E-state index contributed by atoms with van der Waals surface area (Å²) in [6, 6.07) is 12.3. The fourth-order valence-electron chi connectivity index (χ4n) is 3.26. The lowest BCUT2D eigenvalue weighted by Crippen LogP contribution is -2.36. The molecule has 0 saturated heterocycles. The van der Waals surface area contributed by atoms with Gasteiger partial charge in [-0.1, -0.05) is 54.6 Å². The zero-order chi connectivity index (χ0) is 19.9. The molecule has 7 heteroatoms. The lowest BCUT2D eigenvalue weighted by Gasteiger charge is -2.23. The van der Waals surface area contributed by atoms with Crippen molar-refractivity contribution >= 4 is 46.4 Å². The van der Waals surface area contributed by atoms with Crippen molar-refractivity contribution in [3.05, 3.63) is 58.1 Å². The maximum Gasteiger partial charge on any atom is 0.253 e. The number of benzene rings is 2. The number of amides is 2. The Morgan fingerprint density at radius 2 is 1.71 bits per heavy atom. The molecular formula is C21H23Cl2N3O2. The molecule has 28 heavy (non-hydrogen) atoms. The van der Waals surface area contributed by atoms with E-state index >= 15 is 0 Å². The van der Waals surface area contributed by atoms with E-state index in [1.54, 1.807) is 42.5 Å². The van der Waals surface area contributed by atoms with E-state index < -0.39 is 0 Å². The minimum absolute atomic E-state index is 0.0382. The van der Waals surface area contributed by atoms with Crippen LogP contribution in [-0.2, 0) is 4.79 Å². The number of nitrogens with one attached hydrogen (secondary N) is 3. The normalized spacial score (nSPS) is 14.4. The minimum atomic E-state index is -0.240. The molecule has 0 heterocycles. The third kappa shape index (κ3) is 5.63. The Balaban J connectivity index is 1.58. The summed E-state index contributed by atoms with van der Waals surface area (Å²) in [7, 11) is 0. The Morgan fingerprint density at radius 3 is 2.46 bits per heavy atom. The van der Waals surface area contributed by atoms with Gasteiger partial charge in [-0.25, -0.2) is 0 Å². The second-order valence-corrected chi connectivity index (χ2v) is 7.70. The number of carbonyl (C=O) groups excluding carboxylic acids is 2. The maximum absolute atomic E-state index is 12.6. The summed E-state index contributed by atoms with van der Waals surface area (Å²) >= 11 is 12.3. The first-order valence-corrected chi connectivity index (χ1v) is 10.2. The van der Waals surface area contributed by atoms with Crippen LogP contribution in [0.2, 0.25) is 10.0 Å². The van der Waals surface area contributed by atoms with Crippen molar-refractivity contribution in [2.45, 2.75) is 38.1 Å². The summed E-state index contributed by atoms with van der Waals surface area (Å²) in [5.41, 5.74) is 1.61. The molecule has 148 valence electrons. The zero-order valence-corrected chi connectivity index (χ0v) is 16.9. The predicted molar refractivity (Wildman–Crippen MR) is 114 cm³/mol. The first kappa shape index (κ1) is 20.5. The van der Waals surface area contributed by atoms with Crippen LogP contribution < -0.4 is 16.0 Å². The quantitative estimate of drug-likeness (QED) is 0.609. The molecule has 0 aromatic heterocycles. The SMILES string of the molecule is O=C(CNc1ccc(Cl)c(C(=O)NC2CCCCC2)c1)Nc1ccccc1Cl. The average molecular weight is 420 g/mol. The molecule has 2 aromatic rings. The van der Waals surface area contributed by atoms with E-state index in [1.807, 2.05) is 0 Å². The summed E-state index contributed by atoms with van der Waals surface area (Å²) in [5.74, 6) is -0.419. The molecule has 0 unspecified atom stereocenters. The third-order valence-corrected chi connectivity index (χ3v) is 5.41. The van der Waals surface area contributed by atoms with Gasteiger partial charge in [-0.05, 0) is 43.2 Å². The highest BCUT2D eigenvalue weighted by Gasteiger charge is 2.18. The van der Waals surface area contributed by atoms with Crippen LogP contribution in [0.25, 0.3) is 0 Å². The van der Waals surface area contributed by atoms with Gasteiger partial charge in [0.25, 0.3) is 5.91 Å². The maximum atomic E-state index is 12.6. The summed E-state index contributed by atoms with van der Waals surface area (Å²) < 4.78 is 0. The molecule has 5 nitrogen and oxygen atoms in total. The molecule has 3 N–H and O–H groups in total. The van der Waals surface area contributed by atoms with Gasteiger partial charge in [-0.2, -0.15) is 0 Å². The molecule has 1 fully saturated rings. The largest absolute Gasteiger partial charge is 0.376 e. The van der Waals surface area contributed by atoms with Crippen LogP contribution in [0.4, 0.5) is 11.4 Å². The lowest BCUT2D eigenvalue weighted by molar-refractivity contribution is -0.114. The van der Waals surface area contributed by atoms with Crippen LogP contribution in [0.15, 0.2) is 42.5 Å². The van der Waals surface area contributed by atoms with Crippen LogP contribution in [0, 0.1) is 0 Å². The number of halogens is 2. The van der Waals surface area contributed by atoms with Crippen molar-refractivity contribution in [2.24, 2.45) is 0 Å². The van der Waals surface area contributed by atoms with Gasteiger partial charge < -0.3 is 16.0 Å². The van der Waals surface area contributed by atoms with Gasteiger partial charge in [0.15, 0.2) is 0 Å². The van der Waals surface area contributed by atoms with Crippen molar-refractivity contribution in [1.82, 2.24) is 5.32 Å². The number of hydrogen-bond donors (Lipinski definition) is 3. The summed E-state index contributed by atoms with van der Waals surface area (Å²) in [6.07, 6.45) is 5.51. The first-order chi connectivity index (χ1) is 13.5. The average Bonchev–Trinajstić information content (AvgIpc) is 2.70. The second-order valence-electron chi connectivity index (χ2n) is 6.88. The van der Waals surface area contributed by atoms with Crippen molar-refractivity contribution in [2.75, 3.05) is 17.2 Å². The molecule has 1 saturated carbocycles. The molecule has 1 aliphatic carbocycles. The van der Waals surface area contributed by atoms with Gasteiger partial charge in [0.1, 0.15) is 0 Å². The molecule has 3 rings (SSSR count). The Labute approximate surface area is 174 Å². The zero-order valence-electron chi connectivity index (χ0n) is 15.4. The Bertz CT molecular complexity index is 851. The molecule has 0 radical (unpaired) electrons. The van der Waals surface area contributed by atoms with Gasteiger partial charge in [0, 0.05) is 11.7 Å². The number of rotatable bonds is 6. The highest BCUT2D eigenvalue weighted by atomic mass is 35.5. The van der Waals surface area contributed by atoms with Gasteiger partial charge in [-0.3, -0.25) is 9.59 Å². The molecule has 0 bridgehead atoms. The van der Waals surface area contributed by atoms with Gasteiger partial charge in [-0.15, -0.1) is 0 Å². The van der Waals surface area contributed by atoms with Crippen LogP contribution in [0.3, 0.4) is 0 Å². The Hall–Kier alpha value is -2.24. The number of hydrogen-bond acceptors (Lipinski definition) is 3. The fourth-order valence-corrected chi connectivity index (χ4v) is 3.64. The summed E-state index contributed by atoms with van der Waals surface area (Å²) in [4.78, 5) is 24.7. The molecule has 0 aliphatic heterocycles. The van der Waals surface area contributed by atoms with E-state index in [9.17, 15) is 9.59 Å². The summed E-state index contributed by atoms with van der Waals surface area (Å²) in [6.45, 7) is 0.0382. The highest BCUT2D eigenvalue weighted by molar-refractivity contribution is 6.34. The predicted octanol–water partition coefficient (Wildman–Crippen LogP) is 5.11. The monoisotopic (exact) mass is 419 g/mol. The van der Waals surface area contributed by atoms with Crippen LogP contribution in [0.5, 0.6) is 0 Å². The van der Waals surface area contributed by atoms with Gasteiger partial charge in [0.2, 0.25) is 5.91 Å². The Kier molecular flexibility index (Phi) is 7.18. The molecule has 0 spiro atoms. The molecular weight excluding hydrogens is 397 g/mol. The van der Waals surface area contributed by atoms with E-state index in [1.165, 1.54) is 6.42 Å². The van der Waals surface area contributed by atoms with E-state index in [0.29, 0.717) is 27.0 Å². The standard InChI is InChI=1S/C21H23Cl2N3O2/c22-17-11-10-15(12-16(17)21(28)25-14-6-2-1-3-7-14)24-13-20(27)26-19-9-5-4-8-18(19)23/h4-5,8-12,14,24H,1-3,6-7,13H2,(H,25,28)(H,26,27). The van der Waals surface area contributed by atoms with Crippen LogP contribution in [0.1, 0.15) is 42.5 Å². The topological polar surface area (TPSA) is 70.2 Å². The van der Waals surface area contributed by atoms with Crippen LogP contribution >= 0.6 is 23.2 Å². The third-order valence-electron chi connectivity index (χ3n) is 4.75. The van der Waals surface area contributed by atoms with Gasteiger partial charge >= 0.3 is 0 Å². The first-order valence-electron chi connectivity index (χ1n) is 9.41. The highest BCUT2D eigenvalue weighted by Crippen LogP contribution is 2.23. The lowest BCUT2D eigenvalue weighted by atomic mass is 9.95. The van der Waals surface area contributed by atoms with Crippen molar-refractivity contribution < 1.29 is 9.59 Å². The Morgan fingerprint density at radius 1 is 0.964 bits per heavy atom. The number of carbonyl (C=O) groups is 2. The van der Waals surface area contributed by atoms with Crippen molar-refractivity contribution in [3.63, 3.8) is 0 Å². The molecule has 0 atom stereocenters. The van der Waals surface area contributed by atoms with E-state index in [4.69, 9.17) is 23.2 Å². The number of para-hydroxylation sites is 1. The minimum Gasteiger partial charge on any atom is -0.376 e. The summed E-state index contributed by atoms with van der Waals surface area (Å²) in [5, 5.41) is 9.69. The van der Waals surface area contributed by atoms with E-state index in [-0.39, 0.29) is 24.4 Å². The van der Waals surface area contributed by atoms with E-state index in [0.717, 1.165) is 25.7 Å². The molecule has 1 aliphatic rings. The fraction of sp³-hybridized carbons (Fsp3) is 0.333. The smallest absolute Gasteiger partial charge is 0.253 e. The van der Waals surface area contributed by atoms with Gasteiger partial charge in [0.05, 0.1) is 27.8 Å². The molecule has 2 amide bonds. The van der Waals surface area contributed by atoms with Crippen molar-refractivity contribution in [3.8, 4) is 0 Å². The van der Waals surface area contributed by atoms with E-state index in [2.05, 4.69) is 16.0 Å². The molecule has 2 aromatic carbocycles. The number of anilines is 2. The van der Waals surface area contributed by atoms with Crippen LogP contribution in [-0.4, -0.2) is 24.4 Å². The van der Waals surface area contributed by atoms with Crippen molar-refractivity contribution in [1.29, 1.82) is 0 Å². The second kappa shape index (κ2) is 9.80.